The van der Waals surface area contributed by atoms with E-state index in [2.05, 4.69) is 5.32 Å². The number of imide groups is 1. The predicted molar refractivity (Wildman–Crippen MR) is 103 cm³/mol. The molecule has 0 saturated carbocycles. The number of anilines is 1. The van der Waals surface area contributed by atoms with E-state index in [0.29, 0.717) is 4.91 Å². The Morgan fingerprint density at radius 2 is 1.72 bits per heavy atom. The largest absolute Gasteiger partial charge is 0.367 e. The van der Waals surface area contributed by atoms with Crippen molar-refractivity contribution in [3.05, 3.63) is 69.6 Å². The molecule has 0 spiro atoms. The van der Waals surface area contributed by atoms with Crippen LogP contribution in [0.3, 0.4) is 0 Å². The minimum atomic E-state index is -0.257. The van der Waals surface area contributed by atoms with Crippen LogP contribution in [0.4, 0.5) is 10.5 Å². The molecule has 3 rings (SSSR count). The predicted octanol–water partition coefficient (Wildman–Crippen LogP) is 4.72. The van der Waals surface area contributed by atoms with Crippen molar-refractivity contribution in [1.29, 1.82) is 0 Å². The average molecular weight is 352 g/mol. The summed E-state index contributed by atoms with van der Waals surface area (Å²) in [6.07, 6.45) is 1.76. The number of thioether (sulfide) groups is 1. The molecule has 2 aromatic rings. The number of carbonyl (C=O) groups excluding carboxylic acids is 2. The monoisotopic (exact) mass is 352 g/mol. The molecule has 2 aromatic carbocycles. The van der Waals surface area contributed by atoms with Gasteiger partial charge in [-0.15, -0.1) is 0 Å². The second-order valence-corrected chi connectivity index (χ2v) is 7.15. The first-order chi connectivity index (χ1) is 11.9. The number of carbonyl (C=O) groups is 2. The van der Waals surface area contributed by atoms with Crippen molar-refractivity contribution in [2.45, 2.75) is 20.8 Å². The lowest BCUT2D eigenvalue weighted by molar-refractivity contribution is -0.122. The summed E-state index contributed by atoms with van der Waals surface area (Å²) in [5.41, 5.74) is 5.34. The molecule has 1 N–H and O–H groups in total. The zero-order valence-electron chi connectivity index (χ0n) is 14.5. The Morgan fingerprint density at radius 1 is 1.00 bits per heavy atom. The number of benzene rings is 2. The number of rotatable bonds is 4. The fourth-order valence-electron chi connectivity index (χ4n) is 2.47. The second kappa shape index (κ2) is 7.15. The van der Waals surface area contributed by atoms with Crippen LogP contribution < -0.4 is 5.32 Å². The van der Waals surface area contributed by atoms with Crippen molar-refractivity contribution in [3.63, 3.8) is 0 Å². The van der Waals surface area contributed by atoms with Gasteiger partial charge in [0, 0.05) is 5.69 Å². The fraction of sp³-hybridized carbons (Fsp3) is 0.200. The first-order valence-electron chi connectivity index (χ1n) is 8.07. The highest BCUT2D eigenvalue weighted by atomic mass is 32.2. The Morgan fingerprint density at radius 3 is 2.40 bits per heavy atom. The SMILES string of the molecule is Cc1ccc(C=C2SC(=O)N(CNc3ccc(C)c(C)c3)C2=O)cc1. The topological polar surface area (TPSA) is 49.4 Å². The standard InChI is InChI=1S/C20H20N2O2S/c1-13-4-7-16(8-5-13)11-18-19(23)22(20(24)25-18)12-21-17-9-6-14(2)15(3)10-17/h4-11,21H,12H2,1-3H3. The molecular weight excluding hydrogens is 332 g/mol. The molecule has 5 heteroatoms. The summed E-state index contributed by atoms with van der Waals surface area (Å²) in [7, 11) is 0. The number of nitrogens with one attached hydrogen (secondary N) is 1. The number of amides is 2. The summed E-state index contributed by atoms with van der Waals surface area (Å²) in [5, 5.41) is 2.90. The molecule has 128 valence electrons. The molecule has 0 radical (unpaired) electrons. The van der Waals surface area contributed by atoms with Crippen molar-refractivity contribution in [3.8, 4) is 0 Å². The summed E-state index contributed by atoms with van der Waals surface area (Å²) in [4.78, 5) is 26.4. The van der Waals surface area contributed by atoms with Gasteiger partial charge in [-0.1, -0.05) is 35.9 Å². The molecule has 1 saturated heterocycles. The first kappa shape index (κ1) is 17.3. The van der Waals surface area contributed by atoms with Gasteiger partial charge in [-0.2, -0.15) is 0 Å². The molecular formula is C20H20N2O2S. The number of hydrogen-bond donors (Lipinski definition) is 1. The van der Waals surface area contributed by atoms with Gasteiger partial charge in [0.2, 0.25) is 0 Å². The Labute approximate surface area is 151 Å². The summed E-state index contributed by atoms with van der Waals surface area (Å²) in [5.74, 6) is -0.257. The van der Waals surface area contributed by atoms with Crippen LogP contribution in [0.15, 0.2) is 47.4 Å². The van der Waals surface area contributed by atoms with Crippen LogP contribution in [-0.4, -0.2) is 22.7 Å². The molecule has 1 fully saturated rings. The van der Waals surface area contributed by atoms with E-state index in [0.717, 1.165) is 28.6 Å². The number of hydrogen-bond acceptors (Lipinski definition) is 4. The lowest BCUT2D eigenvalue weighted by Gasteiger charge is -2.15. The van der Waals surface area contributed by atoms with E-state index in [9.17, 15) is 9.59 Å². The van der Waals surface area contributed by atoms with Crippen LogP contribution in [0.2, 0.25) is 0 Å². The van der Waals surface area contributed by atoms with Crippen molar-refractivity contribution in [1.82, 2.24) is 4.90 Å². The molecule has 1 aliphatic rings. The Hall–Kier alpha value is -2.53. The van der Waals surface area contributed by atoms with Gasteiger partial charge in [0.05, 0.1) is 11.6 Å². The molecule has 4 nitrogen and oxygen atoms in total. The summed E-state index contributed by atoms with van der Waals surface area (Å²) in [6, 6.07) is 13.8. The number of aryl methyl sites for hydroxylation is 3. The van der Waals surface area contributed by atoms with Gasteiger partial charge in [-0.3, -0.25) is 14.5 Å². The Balaban J connectivity index is 1.70. The fourth-order valence-corrected chi connectivity index (χ4v) is 3.31. The van der Waals surface area contributed by atoms with E-state index >= 15 is 0 Å². The van der Waals surface area contributed by atoms with E-state index in [1.54, 1.807) is 6.08 Å². The second-order valence-electron chi connectivity index (χ2n) is 6.15. The third kappa shape index (κ3) is 3.94. The third-order valence-corrected chi connectivity index (χ3v) is 5.10. The van der Waals surface area contributed by atoms with Crippen LogP contribution in [-0.2, 0) is 4.79 Å². The number of nitrogens with zero attached hydrogens (tertiary/aromatic N) is 1. The van der Waals surface area contributed by atoms with E-state index in [1.807, 2.05) is 63.2 Å². The smallest absolute Gasteiger partial charge is 0.295 e. The molecule has 0 aliphatic carbocycles. The van der Waals surface area contributed by atoms with Crippen molar-refractivity contribution < 1.29 is 9.59 Å². The minimum absolute atomic E-state index is 0.165. The van der Waals surface area contributed by atoms with E-state index < -0.39 is 0 Å². The highest BCUT2D eigenvalue weighted by Crippen LogP contribution is 2.32. The van der Waals surface area contributed by atoms with E-state index in [4.69, 9.17) is 0 Å². The molecule has 1 aliphatic heterocycles. The van der Waals surface area contributed by atoms with Gasteiger partial charge in [-0.05, 0) is 67.4 Å². The van der Waals surface area contributed by atoms with Crippen molar-refractivity contribution in [2.75, 3.05) is 12.0 Å². The van der Waals surface area contributed by atoms with Crippen LogP contribution in [0.1, 0.15) is 22.3 Å². The van der Waals surface area contributed by atoms with Gasteiger partial charge in [0.25, 0.3) is 11.1 Å². The molecule has 0 atom stereocenters. The van der Waals surface area contributed by atoms with E-state index in [1.165, 1.54) is 16.0 Å². The van der Waals surface area contributed by atoms with E-state index in [-0.39, 0.29) is 17.8 Å². The quantitative estimate of drug-likeness (QED) is 0.809. The zero-order valence-corrected chi connectivity index (χ0v) is 15.3. The third-order valence-electron chi connectivity index (χ3n) is 4.20. The van der Waals surface area contributed by atoms with Crippen molar-refractivity contribution >= 4 is 34.7 Å². The van der Waals surface area contributed by atoms with Crippen LogP contribution >= 0.6 is 11.8 Å². The molecule has 0 aromatic heterocycles. The van der Waals surface area contributed by atoms with Crippen LogP contribution in [0.5, 0.6) is 0 Å². The Kier molecular flexibility index (Phi) is 4.95. The molecule has 0 unspecified atom stereocenters. The maximum atomic E-state index is 12.5. The van der Waals surface area contributed by atoms with Gasteiger partial charge in [0.15, 0.2) is 0 Å². The lowest BCUT2D eigenvalue weighted by Crippen LogP contribution is -2.33. The summed E-state index contributed by atoms with van der Waals surface area (Å²) in [6.45, 7) is 6.25. The average Bonchev–Trinajstić information content (AvgIpc) is 2.84. The normalized spacial score (nSPS) is 16.0. The highest BCUT2D eigenvalue weighted by molar-refractivity contribution is 8.18. The minimum Gasteiger partial charge on any atom is -0.367 e. The lowest BCUT2D eigenvalue weighted by atomic mass is 10.1. The maximum Gasteiger partial charge on any atom is 0.295 e. The molecule has 0 bridgehead atoms. The summed E-state index contributed by atoms with van der Waals surface area (Å²) >= 11 is 0.980. The zero-order chi connectivity index (χ0) is 18.0. The van der Waals surface area contributed by atoms with Gasteiger partial charge >= 0.3 is 0 Å². The maximum absolute atomic E-state index is 12.5. The molecule has 25 heavy (non-hydrogen) atoms. The van der Waals surface area contributed by atoms with Gasteiger partial charge in [0.1, 0.15) is 0 Å². The highest BCUT2D eigenvalue weighted by Gasteiger charge is 2.34. The van der Waals surface area contributed by atoms with Gasteiger partial charge in [-0.25, -0.2) is 0 Å². The molecule has 2 amide bonds. The first-order valence-corrected chi connectivity index (χ1v) is 8.89. The van der Waals surface area contributed by atoms with Crippen LogP contribution in [0.25, 0.3) is 6.08 Å². The van der Waals surface area contributed by atoms with Gasteiger partial charge < -0.3 is 5.32 Å². The van der Waals surface area contributed by atoms with Crippen molar-refractivity contribution in [2.24, 2.45) is 0 Å². The summed E-state index contributed by atoms with van der Waals surface area (Å²) < 4.78 is 0. The molecule has 1 heterocycles. The van der Waals surface area contributed by atoms with Crippen LogP contribution in [0, 0.1) is 20.8 Å². The Bertz CT molecular complexity index is 856.